The predicted octanol–water partition coefficient (Wildman–Crippen LogP) is 5.02. The molecule has 0 saturated heterocycles. The Kier molecular flexibility index (Phi) is 5.29. The van der Waals surface area contributed by atoms with Crippen LogP contribution in [0.3, 0.4) is 0 Å². The SMILES string of the molecule is COc1ccc(CC(CCl)c2ccccc2)cc1Br. The number of benzene rings is 2. The smallest absolute Gasteiger partial charge is 0.133 e. The van der Waals surface area contributed by atoms with E-state index in [0.29, 0.717) is 11.8 Å². The van der Waals surface area contributed by atoms with Gasteiger partial charge in [0.1, 0.15) is 5.75 Å². The van der Waals surface area contributed by atoms with E-state index in [1.807, 2.05) is 12.1 Å². The van der Waals surface area contributed by atoms with Crippen molar-refractivity contribution >= 4 is 27.5 Å². The maximum absolute atomic E-state index is 6.11. The van der Waals surface area contributed by atoms with E-state index in [-0.39, 0.29) is 0 Å². The highest BCUT2D eigenvalue weighted by atomic mass is 79.9. The van der Waals surface area contributed by atoms with Crippen molar-refractivity contribution in [1.82, 2.24) is 0 Å². The number of ether oxygens (including phenoxy) is 1. The maximum atomic E-state index is 6.11. The molecule has 100 valence electrons. The molecule has 3 heteroatoms. The Labute approximate surface area is 127 Å². The minimum atomic E-state index is 0.336. The van der Waals surface area contributed by atoms with Crippen molar-refractivity contribution in [2.75, 3.05) is 13.0 Å². The average Bonchev–Trinajstić information content (AvgIpc) is 2.46. The number of hydrogen-bond donors (Lipinski definition) is 0. The van der Waals surface area contributed by atoms with Crippen molar-refractivity contribution in [2.45, 2.75) is 12.3 Å². The summed E-state index contributed by atoms with van der Waals surface area (Å²) in [6.07, 6.45) is 0.927. The fourth-order valence-corrected chi connectivity index (χ4v) is 2.98. The molecule has 0 N–H and O–H groups in total. The van der Waals surface area contributed by atoms with Crippen molar-refractivity contribution in [1.29, 1.82) is 0 Å². The van der Waals surface area contributed by atoms with Gasteiger partial charge in [0.25, 0.3) is 0 Å². The highest BCUT2D eigenvalue weighted by molar-refractivity contribution is 9.10. The molecule has 0 aliphatic rings. The molecule has 2 rings (SSSR count). The molecule has 1 unspecified atom stereocenters. The molecular formula is C16H16BrClO. The van der Waals surface area contributed by atoms with Crippen LogP contribution < -0.4 is 4.74 Å². The average molecular weight is 340 g/mol. The van der Waals surface area contributed by atoms with Gasteiger partial charge in [-0.05, 0) is 45.6 Å². The molecule has 0 amide bonds. The van der Waals surface area contributed by atoms with Crippen LogP contribution in [0, 0.1) is 0 Å². The minimum Gasteiger partial charge on any atom is -0.496 e. The summed E-state index contributed by atoms with van der Waals surface area (Å²) in [5, 5.41) is 0. The molecule has 0 aliphatic carbocycles. The predicted molar refractivity (Wildman–Crippen MR) is 84.3 cm³/mol. The minimum absolute atomic E-state index is 0.336. The number of halogens is 2. The molecule has 0 heterocycles. The number of alkyl halides is 1. The van der Waals surface area contributed by atoms with E-state index < -0.39 is 0 Å². The van der Waals surface area contributed by atoms with Gasteiger partial charge in [0, 0.05) is 11.8 Å². The Morgan fingerprint density at radius 2 is 1.89 bits per heavy atom. The zero-order valence-electron chi connectivity index (χ0n) is 10.8. The molecule has 0 spiro atoms. The molecule has 2 aromatic carbocycles. The van der Waals surface area contributed by atoms with Crippen molar-refractivity contribution in [2.24, 2.45) is 0 Å². The third-order valence-corrected chi connectivity index (χ3v) is 4.15. The Hall–Kier alpha value is -0.990. The van der Waals surface area contributed by atoms with Crippen molar-refractivity contribution < 1.29 is 4.74 Å². The van der Waals surface area contributed by atoms with E-state index in [0.717, 1.165) is 16.6 Å². The summed E-state index contributed by atoms with van der Waals surface area (Å²) in [7, 11) is 1.67. The maximum Gasteiger partial charge on any atom is 0.133 e. The molecule has 0 aliphatic heterocycles. The van der Waals surface area contributed by atoms with Gasteiger partial charge in [0.2, 0.25) is 0 Å². The molecular weight excluding hydrogens is 324 g/mol. The van der Waals surface area contributed by atoms with Crippen molar-refractivity contribution in [3.05, 3.63) is 64.1 Å². The van der Waals surface area contributed by atoms with Gasteiger partial charge < -0.3 is 4.74 Å². The van der Waals surface area contributed by atoms with Crippen LogP contribution in [0.1, 0.15) is 17.0 Å². The van der Waals surface area contributed by atoms with Crippen molar-refractivity contribution in [3.8, 4) is 5.75 Å². The normalized spacial score (nSPS) is 12.2. The Bertz CT molecular complexity index is 528. The monoisotopic (exact) mass is 338 g/mol. The van der Waals surface area contributed by atoms with E-state index in [1.165, 1.54) is 11.1 Å². The Morgan fingerprint density at radius 3 is 2.47 bits per heavy atom. The second-order valence-electron chi connectivity index (χ2n) is 4.43. The summed E-state index contributed by atoms with van der Waals surface area (Å²) in [5.41, 5.74) is 2.53. The van der Waals surface area contributed by atoms with Gasteiger partial charge >= 0.3 is 0 Å². The van der Waals surface area contributed by atoms with Gasteiger partial charge in [0.05, 0.1) is 11.6 Å². The second kappa shape index (κ2) is 6.97. The number of hydrogen-bond acceptors (Lipinski definition) is 1. The van der Waals surface area contributed by atoms with Crippen LogP contribution in [0.4, 0.5) is 0 Å². The largest absolute Gasteiger partial charge is 0.496 e. The number of methoxy groups -OCH3 is 1. The Balaban J connectivity index is 2.17. The van der Waals surface area contributed by atoms with E-state index >= 15 is 0 Å². The summed E-state index contributed by atoms with van der Waals surface area (Å²) in [5.74, 6) is 1.81. The molecule has 0 radical (unpaired) electrons. The molecule has 0 aromatic heterocycles. The van der Waals surface area contributed by atoms with Gasteiger partial charge in [-0.25, -0.2) is 0 Å². The van der Waals surface area contributed by atoms with Gasteiger partial charge in [-0.15, -0.1) is 11.6 Å². The van der Waals surface area contributed by atoms with Crippen LogP contribution in [0.25, 0.3) is 0 Å². The molecule has 0 bridgehead atoms. The third-order valence-electron chi connectivity index (χ3n) is 3.16. The first kappa shape index (κ1) is 14.4. The Morgan fingerprint density at radius 1 is 1.16 bits per heavy atom. The van der Waals surface area contributed by atoms with Gasteiger partial charge in [-0.1, -0.05) is 36.4 Å². The summed E-state index contributed by atoms with van der Waals surface area (Å²) < 4.78 is 6.22. The quantitative estimate of drug-likeness (QED) is 0.695. The van der Waals surface area contributed by atoms with Crippen LogP contribution >= 0.6 is 27.5 Å². The van der Waals surface area contributed by atoms with Crippen LogP contribution in [0.5, 0.6) is 5.75 Å². The highest BCUT2D eigenvalue weighted by Gasteiger charge is 2.12. The summed E-state index contributed by atoms with van der Waals surface area (Å²) in [4.78, 5) is 0. The molecule has 19 heavy (non-hydrogen) atoms. The standard InChI is InChI=1S/C16H16BrClO/c1-19-16-8-7-12(10-15(16)17)9-14(11-18)13-5-3-2-4-6-13/h2-8,10,14H,9,11H2,1H3. The van der Waals surface area contributed by atoms with Gasteiger partial charge in [-0.2, -0.15) is 0 Å². The zero-order valence-corrected chi connectivity index (χ0v) is 13.1. The first-order valence-corrected chi connectivity index (χ1v) is 7.50. The highest BCUT2D eigenvalue weighted by Crippen LogP contribution is 2.29. The van der Waals surface area contributed by atoms with Crippen LogP contribution in [-0.2, 0) is 6.42 Å². The fraction of sp³-hybridized carbons (Fsp3) is 0.250. The zero-order chi connectivity index (χ0) is 13.7. The lowest BCUT2D eigenvalue weighted by atomic mass is 9.93. The van der Waals surface area contributed by atoms with Crippen LogP contribution in [0.15, 0.2) is 53.0 Å². The van der Waals surface area contributed by atoms with E-state index in [2.05, 4.69) is 52.3 Å². The molecule has 1 atom stereocenters. The summed E-state index contributed by atoms with van der Waals surface area (Å²) in [6.45, 7) is 0. The second-order valence-corrected chi connectivity index (χ2v) is 5.60. The molecule has 2 aromatic rings. The lowest BCUT2D eigenvalue weighted by Crippen LogP contribution is -2.04. The van der Waals surface area contributed by atoms with E-state index in [9.17, 15) is 0 Å². The first-order chi connectivity index (χ1) is 9.24. The molecule has 0 fully saturated rings. The lowest BCUT2D eigenvalue weighted by molar-refractivity contribution is 0.412. The fourth-order valence-electron chi connectivity index (χ4n) is 2.11. The van der Waals surface area contributed by atoms with Gasteiger partial charge in [-0.3, -0.25) is 0 Å². The van der Waals surface area contributed by atoms with Crippen LogP contribution in [-0.4, -0.2) is 13.0 Å². The topological polar surface area (TPSA) is 9.23 Å². The first-order valence-electron chi connectivity index (χ1n) is 6.18. The summed E-state index contributed by atoms with van der Waals surface area (Å²) >= 11 is 9.63. The lowest BCUT2D eigenvalue weighted by Gasteiger charge is -2.15. The van der Waals surface area contributed by atoms with Gasteiger partial charge in [0.15, 0.2) is 0 Å². The number of rotatable bonds is 5. The van der Waals surface area contributed by atoms with Crippen LogP contribution in [0.2, 0.25) is 0 Å². The molecule has 1 nitrogen and oxygen atoms in total. The molecule has 0 saturated carbocycles. The van der Waals surface area contributed by atoms with Crippen molar-refractivity contribution in [3.63, 3.8) is 0 Å². The third kappa shape index (κ3) is 3.74. The van der Waals surface area contributed by atoms with E-state index in [1.54, 1.807) is 7.11 Å². The summed E-state index contributed by atoms with van der Waals surface area (Å²) in [6, 6.07) is 16.6. The van der Waals surface area contributed by atoms with E-state index in [4.69, 9.17) is 16.3 Å².